The number of benzene rings is 1. The number of nitrogens with zero attached hydrogens (tertiary/aromatic N) is 2. The van der Waals surface area contributed by atoms with Crippen LogP contribution in [0, 0.1) is 5.92 Å². The van der Waals surface area contributed by atoms with Crippen LogP contribution in [0.5, 0.6) is 0 Å². The molecule has 1 rings (SSSR count). The number of nitrogens with one attached hydrogen (secondary N) is 2. The molecule has 2 N–H and O–H groups in total. The van der Waals surface area contributed by atoms with Gasteiger partial charge in [0.1, 0.15) is 0 Å². The van der Waals surface area contributed by atoms with Crippen LogP contribution < -0.4 is 15.5 Å². The summed E-state index contributed by atoms with van der Waals surface area (Å²) in [6, 6.07) is 8.51. The molecule has 4 heteroatoms. The molecule has 0 aliphatic carbocycles. The molecule has 0 amide bonds. The second kappa shape index (κ2) is 8.46. The van der Waals surface area contributed by atoms with Gasteiger partial charge in [0.25, 0.3) is 0 Å². The highest BCUT2D eigenvalue weighted by Crippen LogP contribution is 2.12. The fourth-order valence-corrected chi connectivity index (χ4v) is 1.83. The maximum atomic E-state index is 4.24. The summed E-state index contributed by atoms with van der Waals surface area (Å²) in [5.74, 6) is 1.57. The first kappa shape index (κ1) is 16.3. The molecule has 0 saturated carbocycles. The van der Waals surface area contributed by atoms with Crippen molar-refractivity contribution in [2.45, 2.75) is 26.8 Å². The third-order valence-electron chi connectivity index (χ3n) is 3.12. The zero-order valence-electron chi connectivity index (χ0n) is 13.4. The topological polar surface area (TPSA) is 39.7 Å². The van der Waals surface area contributed by atoms with Crippen molar-refractivity contribution < 1.29 is 0 Å². The molecule has 0 radical (unpaired) electrons. The van der Waals surface area contributed by atoms with E-state index in [1.807, 2.05) is 0 Å². The first-order chi connectivity index (χ1) is 9.52. The second-order valence-electron chi connectivity index (χ2n) is 5.60. The summed E-state index contributed by atoms with van der Waals surface area (Å²) in [6.07, 6.45) is 1.15. The molecule has 1 aromatic rings. The lowest BCUT2D eigenvalue weighted by Crippen LogP contribution is -2.37. The summed E-state index contributed by atoms with van der Waals surface area (Å²) in [5.41, 5.74) is 2.47. The van der Waals surface area contributed by atoms with E-state index < -0.39 is 0 Å². The van der Waals surface area contributed by atoms with Crippen molar-refractivity contribution in [1.82, 2.24) is 10.6 Å². The Morgan fingerprint density at radius 1 is 1.25 bits per heavy atom. The fraction of sp³-hybridized carbons (Fsp3) is 0.562. The smallest absolute Gasteiger partial charge is 0.191 e. The van der Waals surface area contributed by atoms with Crippen LogP contribution in [0.2, 0.25) is 0 Å². The Kier molecular flexibility index (Phi) is 6.91. The molecule has 0 aliphatic heterocycles. The summed E-state index contributed by atoms with van der Waals surface area (Å²) in [4.78, 5) is 6.35. The standard InChI is InChI=1S/C16H28N4/c1-13(2)9-10-18-16(17-3)19-12-14-7-6-8-15(11-14)20(4)5/h6-8,11,13H,9-10,12H2,1-5H3,(H2,17,18,19). The maximum Gasteiger partial charge on any atom is 0.191 e. The van der Waals surface area contributed by atoms with Gasteiger partial charge in [-0.1, -0.05) is 26.0 Å². The molecule has 0 saturated heterocycles. The maximum absolute atomic E-state index is 4.24. The molecule has 0 spiro atoms. The Labute approximate surface area is 123 Å². The minimum atomic E-state index is 0.706. The highest BCUT2D eigenvalue weighted by molar-refractivity contribution is 5.79. The van der Waals surface area contributed by atoms with E-state index in [9.17, 15) is 0 Å². The van der Waals surface area contributed by atoms with Crippen LogP contribution >= 0.6 is 0 Å². The quantitative estimate of drug-likeness (QED) is 0.619. The first-order valence-corrected chi connectivity index (χ1v) is 7.23. The van der Waals surface area contributed by atoms with E-state index in [0.717, 1.165) is 25.5 Å². The number of hydrogen-bond acceptors (Lipinski definition) is 2. The van der Waals surface area contributed by atoms with Gasteiger partial charge < -0.3 is 15.5 Å². The highest BCUT2D eigenvalue weighted by Gasteiger charge is 2.01. The van der Waals surface area contributed by atoms with Gasteiger partial charge in [-0.25, -0.2) is 0 Å². The number of guanidine groups is 1. The first-order valence-electron chi connectivity index (χ1n) is 7.23. The lowest BCUT2D eigenvalue weighted by molar-refractivity contribution is 0.573. The lowest BCUT2D eigenvalue weighted by atomic mass is 10.1. The van der Waals surface area contributed by atoms with Gasteiger partial charge in [0.05, 0.1) is 0 Å². The SMILES string of the molecule is CN=C(NCCC(C)C)NCc1cccc(N(C)C)c1. The van der Waals surface area contributed by atoms with Crippen LogP contribution in [0.3, 0.4) is 0 Å². The Hall–Kier alpha value is -1.71. The highest BCUT2D eigenvalue weighted by atomic mass is 15.2. The van der Waals surface area contributed by atoms with E-state index in [1.54, 1.807) is 7.05 Å². The minimum absolute atomic E-state index is 0.706. The van der Waals surface area contributed by atoms with Crippen molar-refractivity contribution >= 4 is 11.6 Å². The molecular formula is C16H28N4. The third kappa shape index (κ3) is 5.95. The van der Waals surface area contributed by atoms with Gasteiger partial charge >= 0.3 is 0 Å². The average molecular weight is 276 g/mol. The lowest BCUT2D eigenvalue weighted by Gasteiger charge is -2.15. The number of anilines is 1. The minimum Gasteiger partial charge on any atom is -0.378 e. The third-order valence-corrected chi connectivity index (χ3v) is 3.12. The van der Waals surface area contributed by atoms with Crippen LogP contribution in [0.1, 0.15) is 25.8 Å². The Morgan fingerprint density at radius 3 is 2.60 bits per heavy atom. The van der Waals surface area contributed by atoms with E-state index in [0.29, 0.717) is 5.92 Å². The van der Waals surface area contributed by atoms with E-state index in [2.05, 4.69) is 72.7 Å². The summed E-state index contributed by atoms with van der Waals surface area (Å²) in [7, 11) is 5.92. The molecule has 0 bridgehead atoms. The molecule has 0 aliphatic rings. The van der Waals surface area contributed by atoms with Crippen molar-refractivity contribution in [3.05, 3.63) is 29.8 Å². The normalized spacial score (nSPS) is 11.6. The number of rotatable bonds is 6. The molecule has 112 valence electrons. The van der Waals surface area contributed by atoms with Crippen molar-refractivity contribution in [2.75, 3.05) is 32.6 Å². The zero-order valence-corrected chi connectivity index (χ0v) is 13.4. The van der Waals surface area contributed by atoms with Gasteiger partial charge in [0.2, 0.25) is 0 Å². The van der Waals surface area contributed by atoms with E-state index in [4.69, 9.17) is 0 Å². The van der Waals surface area contributed by atoms with Crippen molar-refractivity contribution in [1.29, 1.82) is 0 Å². The number of hydrogen-bond donors (Lipinski definition) is 2. The molecule has 0 fully saturated rings. The van der Waals surface area contributed by atoms with Gasteiger partial charge in [0.15, 0.2) is 5.96 Å². The summed E-state index contributed by atoms with van der Waals surface area (Å²) < 4.78 is 0. The summed E-state index contributed by atoms with van der Waals surface area (Å²) >= 11 is 0. The van der Waals surface area contributed by atoms with Crippen LogP contribution in [-0.2, 0) is 6.54 Å². The molecule has 4 nitrogen and oxygen atoms in total. The van der Waals surface area contributed by atoms with Crippen LogP contribution in [0.25, 0.3) is 0 Å². The Morgan fingerprint density at radius 2 is 2.00 bits per heavy atom. The predicted octanol–water partition coefficient (Wildman–Crippen LogP) is 2.46. The molecule has 0 aromatic heterocycles. The fourth-order valence-electron chi connectivity index (χ4n) is 1.83. The monoisotopic (exact) mass is 276 g/mol. The predicted molar refractivity (Wildman–Crippen MR) is 88.4 cm³/mol. The van der Waals surface area contributed by atoms with Gasteiger partial charge in [-0.05, 0) is 30.0 Å². The molecule has 0 heterocycles. The van der Waals surface area contributed by atoms with Crippen molar-refractivity contribution in [3.8, 4) is 0 Å². The Balaban J connectivity index is 2.46. The Bertz CT molecular complexity index is 424. The molecule has 0 unspecified atom stereocenters. The molecule has 1 aromatic carbocycles. The van der Waals surface area contributed by atoms with Gasteiger partial charge in [-0.3, -0.25) is 4.99 Å². The van der Waals surface area contributed by atoms with Crippen LogP contribution in [-0.4, -0.2) is 33.6 Å². The van der Waals surface area contributed by atoms with Gasteiger partial charge in [-0.2, -0.15) is 0 Å². The second-order valence-corrected chi connectivity index (χ2v) is 5.60. The number of aliphatic imine (C=N–C) groups is 1. The van der Waals surface area contributed by atoms with Gasteiger partial charge in [-0.15, -0.1) is 0 Å². The molecular weight excluding hydrogens is 248 g/mol. The van der Waals surface area contributed by atoms with E-state index in [-0.39, 0.29) is 0 Å². The van der Waals surface area contributed by atoms with E-state index >= 15 is 0 Å². The average Bonchev–Trinajstić information content (AvgIpc) is 2.42. The zero-order chi connectivity index (χ0) is 15.0. The largest absolute Gasteiger partial charge is 0.378 e. The van der Waals surface area contributed by atoms with E-state index in [1.165, 1.54) is 11.3 Å². The van der Waals surface area contributed by atoms with Crippen LogP contribution in [0.15, 0.2) is 29.3 Å². The van der Waals surface area contributed by atoms with Crippen molar-refractivity contribution in [2.24, 2.45) is 10.9 Å². The molecule has 0 atom stereocenters. The summed E-state index contributed by atoms with van der Waals surface area (Å²) in [5, 5.41) is 6.68. The van der Waals surface area contributed by atoms with Crippen LogP contribution in [0.4, 0.5) is 5.69 Å². The van der Waals surface area contributed by atoms with Gasteiger partial charge in [0, 0.05) is 39.9 Å². The molecule has 20 heavy (non-hydrogen) atoms. The summed E-state index contributed by atoms with van der Waals surface area (Å²) in [6.45, 7) is 6.19. The van der Waals surface area contributed by atoms with Crippen molar-refractivity contribution in [3.63, 3.8) is 0 Å².